The zero-order valence-corrected chi connectivity index (χ0v) is 10.4. The number of rotatable bonds is 4. The van der Waals surface area contributed by atoms with Gasteiger partial charge in [0.05, 0.1) is 10.9 Å². The van der Waals surface area contributed by atoms with E-state index in [1.165, 1.54) is 6.42 Å². The first kappa shape index (κ1) is 11.8. The summed E-state index contributed by atoms with van der Waals surface area (Å²) in [5.41, 5.74) is 0.753. The third kappa shape index (κ3) is 2.54. The number of para-hydroxylation sites is 1. The minimum absolute atomic E-state index is 0.0334. The van der Waals surface area contributed by atoms with Crippen LogP contribution in [0.15, 0.2) is 29.1 Å². The van der Waals surface area contributed by atoms with Crippen molar-refractivity contribution in [3.05, 3.63) is 40.4 Å². The molecule has 0 fully saturated rings. The topological polar surface area (TPSA) is 45.8 Å². The summed E-state index contributed by atoms with van der Waals surface area (Å²) in [6, 6.07) is 7.47. The monoisotopic (exact) mass is 230 g/mol. The summed E-state index contributed by atoms with van der Waals surface area (Å²) in [5, 5.41) is 0.666. The van der Waals surface area contributed by atoms with Crippen LogP contribution >= 0.6 is 0 Å². The lowest BCUT2D eigenvalue weighted by atomic mass is 10.0. The molecular formula is C14H18N2O. The molecule has 0 unspecified atom stereocenters. The van der Waals surface area contributed by atoms with Gasteiger partial charge in [0.2, 0.25) is 0 Å². The van der Waals surface area contributed by atoms with Crippen LogP contribution in [0.5, 0.6) is 0 Å². The van der Waals surface area contributed by atoms with Crippen molar-refractivity contribution in [3.8, 4) is 0 Å². The first-order chi connectivity index (χ1) is 8.22. The predicted molar refractivity (Wildman–Crippen MR) is 70.3 cm³/mol. The van der Waals surface area contributed by atoms with Gasteiger partial charge in [-0.1, -0.05) is 38.8 Å². The third-order valence-electron chi connectivity index (χ3n) is 3.09. The highest BCUT2D eigenvalue weighted by atomic mass is 16.1. The largest absolute Gasteiger partial charge is 0.310 e. The summed E-state index contributed by atoms with van der Waals surface area (Å²) in [5.74, 6) is 1.12. The van der Waals surface area contributed by atoms with Gasteiger partial charge in [-0.3, -0.25) is 4.79 Å². The summed E-state index contributed by atoms with van der Waals surface area (Å²) in [4.78, 5) is 19.3. The van der Waals surface area contributed by atoms with E-state index in [9.17, 15) is 4.79 Å². The van der Waals surface area contributed by atoms with Crippen molar-refractivity contribution in [1.29, 1.82) is 0 Å². The molecule has 1 atom stereocenters. The lowest BCUT2D eigenvalue weighted by Crippen LogP contribution is -2.13. The van der Waals surface area contributed by atoms with E-state index in [-0.39, 0.29) is 5.56 Å². The van der Waals surface area contributed by atoms with Gasteiger partial charge in [-0.25, -0.2) is 4.98 Å². The molecule has 0 amide bonds. The summed E-state index contributed by atoms with van der Waals surface area (Å²) in [7, 11) is 0. The Kier molecular flexibility index (Phi) is 3.57. The van der Waals surface area contributed by atoms with Crippen molar-refractivity contribution in [2.75, 3.05) is 0 Å². The van der Waals surface area contributed by atoms with Gasteiger partial charge in [0.1, 0.15) is 5.82 Å². The van der Waals surface area contributed by atoms with E-state index in [0.29, 0.717) is 11.3 Å². The Balaban J connectivity index is 2.39. The number of benzene rings is 1. The Labute approximate surface area is 101 Å². The Morgan fingerprint density at radius 3 is 2.88 bits per heavy atom. The molecule has 0 spiro atoms. The van der Waals surface area contributed by atoms with Crippen LogP contribution < -0.4 is 5.56 Å². The maximum atomic E-state index is 11.9. The van der Waals surface area contributed by atoms with E-state index in [0.717, 1.165) is 24.2 Å². The number of aromatic amines is 1. The van der Waals surface area contributed by atoms with Gasteiger partial charge in [0, 0.05) is 5.92 Å². The van der Waals surface area contributed by atoms with E-state index in [2.05, 4.69) is 23.8 Å². The fraction of sp³-hybridized carbons (Fsp3) is 0.429. The Morgan fingerprint density at radius 1 is 1.35 bits per heavy atom. The number of H-pyrrole nitrogens is 1. The molecule has 0 aliphatic heterocycles. The van der Waals surface area contributed by atoms with Crippen LogP contribution in [0.1, 0.15) is 44.9 Å². The number of aromatic nitrogens is 2. The number of nitrogens with zero attached hydrogens (tertiary/aromatic N) is 1. The zero-order chi connectivity index (χ0) is 12.3. The highest BCUT2D eigenvalue weighted by Crippen LogP contribution is 2.18. The Hall–Kier alpha value is -1.64. The van der Waals surface area contributed by atoms with Crippen LogP contribution in [0, 0.1) is 0 Å². The number of hydrogen-bond acceptors (Lipinski definition) is 2. The van der Waals surface area contributed by atoms with Crippen LogP contribution in [0.2, 0.25) is 0 Å². The molecular weight excluding hydrogens is 212 g/mol. The second kappa shape index (κ2) is 5.13. The van der Waals surface area contributed by atoms with Crippen LogP contribution in [0.4, 0.5) is 0 Å². The van der Waals surface area contributed by atoms with Gasteiger partial charge >= 0.3 is 0 Å². The fourth-order valence-electron chi connectivity index (χ4n) is 1.98. The molecule has 0 radical (unpaired) electrons. The molecule has 2 rings (SSSR count). The van der Waals surface area contributed by atoms with Gasteiger partial charge in [-0.05, 0) is 18.6 Å². The molecule has 2 aromatic rings. The predicted octanol–water partition coefficient (Wildman–Crippen LogP) is 3.22. The Bertz CT molecular complexity index is 559. The van der Waals surface area contributed by atoms with Crippen molar-refractivity contribution < 1.29 is 0 Å². The Morgan fingerprint density at radius 2 is 2.12 bits per heavy atom. The molecule has 0 aliphatic carbocycles. The molecule has 1 heterocycles. The minimum atomic E-state index is -0.0334. The molecule has 0 aliphatic rings. The molecule has 1 aromatic heterocycles. The molecule has 0 saturated carbocycles. The highest BCUT2D eigenvalue weighted by Gasteiger charge is 2.09. The fourth-order valence-corrected chi connectivity index (χ4v) is 1.98. The second-order valence-corrected chi connectivity index (χ2v) is 4.51. The van der Waals surface area contributed by atoms with Crippen LogP contribution in [0.25, 0.3) is 10.9 Å². The van der Waals surface area contributed by atoms with E-state index < -0.39 is 0 Å². The van der Waals surface area contributed by atoms with Crippen molar-refractivity contribution in [2.45, 2.75) is 39.0 Å². The van der Waals surface area contributed by atoms with E-state index in [1.807, 2.05) is 24.3 Å². The average molecular weight is 230 g/mol. The lowest BCUT2D eigenvalue weighted by molar-refractivity contribution is 0.596. The first-order valence-corrected chi connectivity index (χ1v) is 6.21. The first-order valence-electron chi connectivity index (χ1n) is 6.21. The van der Waals surface area contributed by atoms with Gasteiger partial charge in [0.25, 0.3) is 5.56 Å². The van der Waals surface area contributed by atoms with Gasteiger partial charge in [-0.15, -0.1) is 0 Å². The van der Waals surface area contributed by atoms with Crippen molar-refractivity contribution in [3.63, 3.8) is 0 Å². The summed E-state index contributed by atoms with van der Waals surface area (Å²) in [6.07, 6.45) is 3.40. The number of unbranched alkanes of at least 4 members (excludes halogenated alkanes) is 1. The number of fused-ring (bicyclic) bond motifs is 1. The van der Waals surface area contributed by atoms with Gasteiger partial charge in [0.15, 0.2) is 0 Å². The minimum Gasteiger partial charge on any atom is -0.310 e. The van der Waals surface area contributed by atoms with Crippen LogP contribution in [0.3, 0.4) is 0 Å². The highest BCUT2D eigenvalue weighted by molar-refractivity contribution is 5.77. The van der Waals surface area contributed by atoms with E-state index >= 15 is 0 Å². The second-order valence-electron chi connectivity index (χ2n) is 4.51. The zero-order valence-electron chi connectivity index (χ0n) is 10.4. The van der Waals surface area contributed by atoms with Gasteiger partial charge in [-0.2, -0.15) is 0 Å². The standard InChI is InChI=1S/C14H18N2O/c1-3-4-7-10(2)13-15-12-9-6-5-8-11(12)14(17)16-13/h5-6,8-10H,3-4,7H2,1-2H3,(H,15,16,17)/t10-/m1/s1. The summed E-state index contributed by atoms with van der Waals surface area (Å²) in [6.45, 7) is 4.28. The van der Waals surface area contributed by atoms with Crippen molar-refractivity contribution >= 4 is 10.9 Å². The van der Waals surface area contributed by atoms with Crippen LogP contribution in [-0.4, -0.2) is 9.97 Å². The maximum Gasteiger partial charge on any atom is 0.258 e. The number of nitrogens with one attached hydrogen (secondary N) is 1. The number of hydrogen-bond donors (Lipinski definition) is 1. The average Bonchev–Trinajstić information content (AvgIpc) is 2.36. The summed E-state index contributed by atoms with van der Waals surface area (Å²) >= 11 is 0. The van der Waals surface area contributed by atoms with Crippen molar-refractivity contribution in [1.82, 2.24) is 9.97 Å². The van der Waals surface area contributed by atoms with Crippen LogP contribution in [-0.2, 0) is 0 Å². The molecule has 1 aromatic carbocycles. The third-order valence-corrected chi connectivity index (χ3v) is 3.09. The SMILES string of the molecule is CCCC[C@@H](C)c1nc2ccccc2c(=O)[nH]1. The molecule has 1 N–H and O–H groups in total. The molecule has 3 heteroatoms. The van der Waals surface area contributed by atoms with Gasteiger partial charge < -0.3 is 4.98 Å². The lowest BCUT2D eigenvalue weighted by Gasteiger charge is -2.10. The summed E-state index contributed by atoms with van der Waals surface area (Å²) < 4.78 is 0. The molecule has 17 heavy (non-hydrogen) atoms. The normalized spacial score (nSPS) is 12.8. The molecule has 0 saturated heterocycles. The molecule has 0 bridgehead atoms. The quantitative estimate of drug-likeness (QED) is 0.876. The molecule has 3 nitrogen and oxygen atoms in total. The van der Waals surface area contributed by atoms with Crippen molar-refractivity contribution in [2.24, 2.45) is 0 Å². The van der Waals surface area contributed by atoms with E-state index in [4.69, 9.17) is 0 Å². The smallest absolute Gasteiger partial charge is 0.258 e. The maximum absolute atomic E-state index is 11.9. The molecule has 90 valence electrons. The van der Waals surface area contributed by atoms with E-state index in [1.54, 1.807) is 0 Å².